The van der Waals surface area contributed by atoms with Crippen LogP contribution in [0.5, 0.6) is 0 Å². The summed E-state index contributed by atoms with van der Waals surface area (Å²) in [6.45, 7) is 3.78. The second-order valence-corrected chi connectivity index (χ2v) is 8.49. The molecule has 9 heteroatoms. The predicted octanol–water partition coefficient (Wildman–Crippen LogP) is 0.458. The van der Waals surface area contributed by atoms with Gasteiger partial charge < -0.3 is 9.47 Å². The standard InChI is InChI=1S/C15H22N6O2S/c1-18-11-15(16-12-18)24(22,23)20-9-13-4-5-17-21(13)14(10-20)8-19-6-2-3-7-19/h4-5,11-12,14H,2-3,6-10H2,1H3/t14-/m0/s1. The van der Waals surface area contributed by atoms with Crippen molar-refractivity contribution in [3.05, 3.63) is 30.5 Å². The van der Waals surface area contributed by atoms with Gasteiger partial charge in [0.1, 0.15) is 0 Å². The Bertz CT molecular complexity index is 821. The Morgan fingerprint density at radius 3 is 2.79 bits per heavy atom. The van der Waals surface area contributed by atoms with Gasteiger partial charge in [0.05, 0.1) is 24.6 Å². The van der Waals surface area contributed by atoms with Gasteiger partial charge in [-0.3, -0.25) is 4.68 Å². The van der Waals surface area contributed by atoms with E-state index in [1.807, 2.05) is 10.7 Å². The van der Waals surface area contributed by atoms with Crippen molar-refractivity contribution in [2.75, 3.05) is 26.2 Å². The summed E-state index contributed by atoms with van der Waals surface area (Å²) in [6.07, 6.45) is 7.26. The quantitative estimate of drug-likeness (QED) is 0.801. The number of aromatic nitrogens is 4. The van der Waals surface area contributed by atoms with E-state index in [2.05, 4.69) is 15.0 Å². The molecule has 0 spiro atoms. The summed E-state index contributed by atoms with van der Waals surface area (Å²) in [5.74, 6) is 0. The molecule has 1 fully saturated rings. The van der Waals surface area contributed by atoms with E-state index in [4.69, 9.17) is 0 Å². The summed E-state index contributed by atoms with van der Waals surface area (Å²) >= 11 is 0. The van der Waals surface area contributed by atoms with Crippen LogP contribution in [0.2, 0.25) is 0 Å². The second kappa shape index (κ2) is 5.98. The lowest BCUT2D eigenvalue weighted by molar-refractivity contribution is 0.201. The van der Waals surface area contributed by atoms with Crippen LogP contribution in [0.15, 0.2) is 29.8 Å². The number of fused-ring (bicyclic) bond motifs is 1. The van der Waals surface area contributed by atoms with Crippen molar-refractivity contribution in [2.24, 2.45) is 7.05 Å². The normalized spacial score (nSPS) is 22.8. The lowest BCUT2D eigenvalue weighted by Crippen LogP contribution is -2.45. The average Bonchev–Trinajstić information content (AvgIpc) is 3.27. The molecule has 8 nitrogen and oxygen atoms in total. The van der Waals surface area contributed by atoms with Crippen molar-refractivity contribution in [3.8, 4) is 0 Å². The van der Waals surface area contributed by atoms with Gasteiger partial charge in [0.15, 0.2) is 5.03 Å². The van der Waals surface area contributed by atoms with Crippen LogP contribution in [0.3, 0.4) is 0 Å². The van der Waals surface area contributed by atoms with Crippen LogP contribution < -0.4 is 0 Å². The number of rotatable bonds is 4. The van der Waals surface area contributed by atoms with E-state index < -0.39 is 10.0 Å². The highest BCUT2D eigenvalue weighted by Gasteiger charge is 2.35. The van der Waals surface area contributed by atoms with Crippen molar-refractivity contribution < 1.29 is 8.42 Å². The van der Waals surface area contributed by atoms with Crippen molar-refractivity contribution in [1.29, 1.82) is 0 Å². The molecule has 2 aromatic rings. The molecule has 0 aromatic carbocycles. The molecule has 0 N–H and O–H groups in total. The third-order valence-corrected chi connectivity index (χ3v) is 6.50. The fourth-order valence-electron chi connectivity index (χ4n) is 3.59. The summed E-state index contributed by atoms with van der Waals surface area (Å²) in [4.78, 5) is 6.43. The predicted molar refractivity (Wildman–Crippen MR) is 87.7 cm³/mol. The highest BCUT2D eigenvalue weighted by Crippen LogP contribution is 2.27. The van der Waals surface area contributed by atoms with E-state index in [0.717, 1.165) is 25.3 Å². The van der Waals surface area contributed by atoms with Gasteiger partial charge in [-0.15, -0.1) is 0 Å². The van der Waals surface area contributed by atoms with E-state index in [9.17, 15) is 8.42 Å². The first-order valence-electron chi connectivity index (χ1n) is 8.27. The van der Waals surface area contributed by atoms with Crippen molar-refractivity contribution in [3.63, 3.8) is 0 Å². The van der Waals surface area contributed by atoms with E-state index in [1.54, 1.807) is 24.0 Å². The van der Waals surface area contributed by atoms with Gasteiger partial charge in [0.2, 0.25) is 0 Å². The molecule has 0 bridgehead atoms. The molecule has 2 aliphatic rings. The summed E-state index contributed by atoms with van der Waals surface area (Å²) in [5.41, 5.74) is 0.935. The van der Waals surface area contributed by atoms with E-state index in [1.165, 1.54) is 23.5 Å². The van der Waals surface area contributed by atoms with Crippen LogP contribution in [0.4, 0.5) is 0 Å². The van der Waals surface area contributed by atoms with Crippen molar-refractivity contribution in [2.45, 2.75) is 30.5 Å². The van der Waals surface area contributed by atoms with Crippen LogP contribution in [0.25, 0.3) is 0 Å². The van der Waals surface area contributed by atoms with E-state index in [-0.39, 0.29) is 11.1 Å². The highest BCUT2D eigenvalue weighted by molar-refractivity contribution is 7.89. The molecule has 2 aromatic heterocycles. The molecule has 130 valence electrons. The Labute approximate surface area is 141 Å². The number of hydrogen-bond donors (Lipinski definition) is 0. The Morgan fingerprint density at radius 1 is 1.29 bits per heavy atom. The molecule has 1 saturated heterocycles. The van der Waals surface area contributed by atoms with E-state index in [0.29, 0.717) is 13.1 Å². The maximum atomic E-state index is 12.9. The van der Waals surface area contributed by atoms with Crippen LogP contribution in [-0.4, -0.2) is 63.1 Å². The first-order chi connectivity index (χ1) is 11.5. The Morgan fingerprint density at radius 2 is 2.08 bits per heavy atom. The third-order valence-electron chi connectivity index (χ3n) is 4.80. The molecule has 4 rings (SSSR count). The SMILES string of the molecule is Cn1cnc(S(=O)(=O)N2Cc3ccnn3[C@@H](CN3CCCC3)C2)c1. The average molecular weight is 350 g/mol. The van der Waals surface area contributed by atoms with Crippen LogP contribution in [-0.2, 0) is 23.6 Å². The molecule has 0 unspecified atom stereocenters. The smallest absolute Gasteiger partial charge is 0.262 e. The first kappa shape index (κ1) is 15.8. The second-order valence-electron chi connectivity index (χ2n) is 6.60. The fraction of sp³-hybridized carbons (Fsp3) is 0.600. The topological polar surface area (TPSA) is 76.3 Å². The highest BCUT2D eigenvalue weighted by atomic mass is 32.2. The van der Waals surface area contributed by atoms with Gasteiger partial charge >= 0.3 is 0 Å². The lowest BCUT2D eigenvalue weighted by Gasteiger charge is -2.34. The van der Waals surface area contributed by atoms with Crippen LogP contribution >= 0.6 is 0 Å². The zero-order chi connectivity index (χ0) is 16.7. The summed E-state index contributed by atoms with van der Waals surface area (Å²) in [5, 5.41) is 4.53. The molecule has 0 radical (unpaired) electrons. The van der Waals surface area contributed by atoms with E-state index >= 15 is 0 Å². The Kier molecular flexibility index (Phi) is 3.93. The number of likely N-dealkylation sites (tertiary alicyclic amines) is 1. The van der Waals surface area contributed by atoms with Gasteiger partial charge in [-0.1, -0.05) is 0 Å². The minimum atomic E-state index is -3.59. The van der Waals surface area contributed by atoms with Gasteiger partial charge in [0, 0.05) is 32.5 Å². The van der Waals surface area contributed by atoms with Gasteiger partial charge in [-0.2, -0.15) is 9.40 Å². The van der Waals surface area contributed by atoms with Gasteiger partial charge in [0.25, 0.3) is 10.0 Å². The number of imidazole rings is 1. The molecule has 24 heavy (non-hydrogen) atoms. The molecule has 1 atom stereocenters. The minimum Gasteiger partial charge on any atom is -0.339 e. The molecule has 0 saturated carbocycles. The maximum Gasteiger partial charge on any atom is 0.262 e. The zero-order valence-corrected chi connectivity index (χ0v) is 14.6. The fourth-order valence-corrected chi connectivity index (χ4v) is 5.00. The third kappa shape index (κ3) is 2.76. The zero-order valence-electron chi connectivity index (χ0n) is 13.7. The van der Waals surface area contributed by atoms with Gasteiger partial charge in [-0.05, 0) is 32.0 Å². The van der Waals surface area contributed by atoms with Crippen molar-refractivity contribution in [1.82, 2.24) is 28.5 Å². The first-order valence-corrected chi connectivity index (χ1v) is 9.71. The molecule has 0 amide bonds. The monoisotopic (exact) mass is 350 g/mol. The van der Waals surface area contributed by atoms with Crippen LogP contribution in [0, 0.1) is 0 Å². The summed E-state index contributed by atoms with van der Waals surface area (Å²) < 4.78 is 31.0. The molecule has 2 aliphatic heterocycles. The summed E-state index contributed by atoms with van der Waals surface area (Å²) in [6, 6.07) is 1.94. The number of hydrogen-bond acceptors (Lipinski definition) is 5. The largest absolute Gasteiger partial charge is 0.339 e. The number of aryl methyl sites for hydroxylation is 1. The number of sulfonamides is 1. The minimum absolute atomic E-state index is 0.0420. The molecular formula is C15H22N6O2S. The van der Waals surface area contributed by atoms with Crippen molar-refractivity contribution >= 4 is 10.0 Å². The molecule has 4 heterocycles. The summed E-state index contributed by atoms with van der Waals surface area (Å²) in [7, 11) is -1.82. The van der Waals surface area contributed by atoms with Gasteiger partial charge in [-0.25, -0.2) is 13.4 Å². The lowest BCUT2D eigenvalue weighted by atomic mass is 10.2. The Balaban J connectivity index is 1.61. The molecule has 0 aliphatic carbocycles. The number of nitrogens with zero attached hydrogens (tertiary/aromatic N) is 6. The molecular weight excluding hydrogens is 328 g/mol. The Hall–Kier alpha value is -1.71. The van der Waals surface area contributed by atoms with Crippen LogP contribution in [0.1, 0.15) is 24.6 Å². The maximum absolute atomic E-state index is 12.9.